The average molecular weight is 482 g/mol. The summed E-state index contributed by atoms with van der Waals surface area (Å²) in [5.41, 5.74) is 0.279. The van der Waals surface area contributed by atoms with E-state index in [1.807, 2.05) is 0 Å². The first kappa shape index (κ1) is 16.5. The zero-order valence-electron chi connectivity index (χ0n) is 13.3. The number of carbonyl (C=O) groups excluding carboxylic acids is 2. The molecule has 1 aromatic rings. The fraction of sp³-hybridized carbons (Fsp3) is 0.389. The van der Waals surface area contributed by atoms with Crippen molar-refractivity contribution in [3.63, 3.8) is 0 Å². The van der Waals surface area contributed by atoms with Gasteiger partial charge >= 0.3 is 0 Å². The third-order valence-electron chi connectivity index (χ3n) is 6.15. The van der Waals surface area contributed by atoms with Crippen LogP contribution in [0.4, 0.5) is 0 Å². The lowest BCUT2D eigenvalue weighted by atomic mass is 9.63. The Morgan fingerprint density at radius 2 is 1.62 bits per heavy atom. The standard InChI is InChI=1S/C18H14Br2N2O4/c19-11-3-6(15(23)14(20)16(11)24)5-21-22-17(25)12-7-1-2-8(10-4-9(7)10)13(12)18(22)26/h1-3,5,7-10,12-13,23-24H,4H2/b21-5-/t7-,8-,9-,10+,12-,13+/m0/s1. The smallest absolute Gasteiger partial charge is 0.254 e. The van der Waals surface area contributed by atoms with Gasteiger partial charge in [-0.15, -0.1) is 0 Å². The molecule has 134 valence electrons. The van der Waals surface area contributed by atoms with Crippen molar-refractivity contribution in [1.82, 2.24) is 5.01 Å². The van der Waals surface area contributed by atoms with Crippen LogP contribution < -0.4 is 0 Å². The van der Waals surface area contributed by atoms with Gasteiger partial charge in [-0.2, -0.15) is 10.1 Å². The summed E-state index contributed by atoms with van der Waals surface area (Å²) in [6.07, 6.45) is 6.60. The van der Waals surface area contributed by atoms with Crippen molar-refractivity contribution in [3.8, 4) is 11.5 Å². The number of hydrogen-bond acceptors (Lipinski definition) is 5. The molecule has 1 heterocycles. The predicted octanol–water partition coefficient (Wildman–Crippen LogP) is 3.01. The van der Waals surface area contributed by atoms with Gasteiger partial charge in [0.2, 0.25) is 0 Å². The molecule has 4 aliphatic carbocycles. The molecule has 6 atom stereocenters. The maximum atomic E-state index is 12.8. The van der Waals surface area contributed by atoms with Gasteiger partial charge in [0.15, 0.2) is 0 Å². The molecular formula is C18H14Br2N2O4. The predicted molar refractivity (Wildman–Crippen MR) is 99.3 cm³/mol. The van der Waals surface area contributed by atoms with Crippen LogP contribution in [0.2, 0.25) is 0 Å². The fourth-order valence-corrected chi connectivity index (χ4v) is 6.04. The van der Waals surface area contributed by atoms with Gasteiger partial charge in [-0.05, 0) is 68.0 Å². The van der Waals surface area contributed by atoms with Crippen molar-refractivity contribution in [2.75, 3.05) is 0 Å². The zero-order chi connectivity index (χ0) is 18.3. The molecule has 0 aromatic heterocycles. The minimum Gasteiger partial charge on any atom is -0.506 e. The number of phenols is 2. The normalized spacial score (nSPS) is 36.8. The Bertz CT molecular complexity index is 892. The summed E-state index contributed by atoms with van der Waals surface area (Å²) < 4.78 is 0.474. The summed E-state index contributed by atoms with van der Waals surface area (Å²) in [7, 11) is 0. The monoisotopic (exact) mass is 480 g/mol. The number of halogens is 2. The largest absolute Gasteiger partial charge is 0.506 e. The Morgan fingerprint density at radius 1 is 1.04 bits per heavy atom. The van der Waals surface area contributed by atoms with Crippen LogP contribution >= 0.6 is 31.9 Å². The minimum absolute atomic E-state index is 0.114. The Balaban J connectivity index is 1.47. The molecule has 6 nitrogen and oxygen atoms in total. The molecule has 2 bridgehead atoms. The van der Waals surface area contributed by atoms with Gasteiger partial charge in [0.1, 0.15) is 16.0 Å². The van der Waals surface area contributed by atoms with Crippen molar-refractivity contribution >= 4 is 49.9 Å². The van der Waals surface area contributed by atoms with Crippen LogP contribution in [-0.2, 0) is 9.59 Å². The van der Waals surface area contributed by atoms with E-state index in [-0.39, 0.29) is 57.0 Å². The molecule has 1 aromatic carbocycles. The molecule has 0 unspecified atom stereocenters. The maximum Gasteiger partial charge on any atom is 0.254 e. The molecule has 3 fully saturated rings. The molecule has 0 radical (unpaired) electrons. The lowest BCUT2D eigenvalue weighted by Crippen LogP contribution is -2.40. The number of allylic oxidation sites excluding steroid dienone is 2. The first-order valence-electron chi connectivity index (χ1n) is 8.40. The summed E-state index contributed by atoms with van der Waals surface area (Å²) in [4.78, 5) is 25.7. The molecular weight excluding hydrogens is 468 g/mol. The van der Waals surface area contributed by atoms with Gasteiger partial charge < -0.3 is 10.2 Å². The number of hydrogen-bond donors (Lipinski definition) is 2. The molecule has 8 heteroatoms. The SMILES string of the molecule is O=C1[C@@H]2[C@H]3C=C[C@@H]([C@@H]4C[C@H]34)[C@@H]2C(=O)N1/N=C\c1cc(Br)c(O)c(Br)c1O. The maximum absolute atomic E-state index is 12.8. The molecule has 1 aliphatic heterocycles. The number of imide groups is 1. The Labute approximate surface area is 165 Å². The fourth-order valence-electron chi connectivity index (χ4n) is 4.89. The second-order valence-corrected chi connectivity index (χ2v) is 8.99. The topological polar surface area (TPSA) is 90.2 Å². The van der Waals surface area contributed by atoms with Crippen LogP contribution in [0.15, 0.2) is 32.3 Å². The van der Waals surface area contributed by atoms with Crippen molar-refractivity contribution in [1.29, 1.82) is 0 Å². The highest BCUT2D eigenvalue weighted by molar-refractivity contribution is 9.11. The van der Waals surface area contributed by atoms with Crippen LogP contribution in [0.25, 0.3) is 0 Å². The highest BCUT2D eigenvalue weighted by atomic mass is 79.9. The quantitative estimate of drug-likeness (QED) is 0.386. The van der Waals surface area contributed by atoms with Crippen molar-refractivity contribution in [2.45, 2.75) is 6.42 Å². The number of rotatable bonds is 2. The molecule has 6 rings (SSSR count). The van der Waals surface area contributed by atoms with E-state index < -0.39 is 0 Å². The lowest BCUT2D eigenvalue weighted by Gasteiger charge is -2.37. The number of carbonyl (C=O) groups is 2. The van der Waals surface area contributed by atoms with Crippen molar-refractivity contribution in [3.05, 3.63) is 32.7 Å². The number of phenolic OH excluding ortho intramolecular Hbond substituents is 2. The first-order valence-corrected chi connectivity index (χ1v) is 9.98. The van der Waals surface area contributed by atoms with E-state index in [4.69, 9.17) is 0 Å². The molecule has 2 N–H and O–H groups in total. The van der Waals surface area contributed by atoms with Crippen LogP contribution in [0.1, 0.15) is 12.0 Å². The van der Waals surface area contributed by atoms with E-state index in [1.54, 1.807) is 0 Å². The average Bonchev–Trinajstić information content (AvgIpc) is 3.41. The molecule has 2 amide bonds. The highest BCUT2D eigenvalue weighted by Gasteiger charge is 2.67. The van der Waals surface area contributed by atoms with Crippen LogP contribution in [0.5, 0.6) is 11.5 Å². The van der Waals surface area contributed by atoms with Crippen LogP contribution in [0.3, 0.4) is 0 Å². The van der Waals surface area contributed by atoms with E-state index in [0.29, 0.717) is 16.3 Å². The zero-order valence-corrected chi connectivity index (χ0v) is 16.5. The number of nitrogens with zero attached hydrogens (tertiary/aromatic N) is 2. The van der Waals surface area contributed by atoms with E-state index in [9.17, 15) is 19.8 Å². The number of aromatic hydroxyl groups is 2. The highest BCUT2D eigenvalue weighted by Crippen LogP contribution is 2.65. The summed E-state index contributed by atoms with van der Waals surface area (Å²) in [6.45, 7) is 0. The van der Waals surface area contributed by atoms with Gasteiger partial charge in [-0.3, -0.25) is 9.59 Å². The molecule has 26 heavy (non-hydrogen) atoms. The van der Waals surface area contributed by atoms with Crippen molar-refractivity contribution < 1.29 is 19.8 Å². The van der Waals surface area contributed by atoms with Gasteiger partial charge in [0.25, 0.3) is 11.8 Å². The third kappa shape index (κ3) is 2.05. The summed E-state index contributed by atoms with van der Waals surface area (Å²) in [5, 5.41) is 25.0. The number of hydrazone groups is 1. The van der Waals surface area contributed by atoms with Gasteiger partial charge in [0, 0.05) is 5.56 Å². The van der Waals surface area contributed by atoms with E-state index in [2.05, 4.69) is 49.1 Å². The Hall–Kier alpha value is -1.67. The lowest BCUT2D eigenvalue weighted by molar-refractivity contribution is -0.140. The van der Waals surface area contributed by atoms with E-state index in [0.717, 1.165) is 11.4 Å². The van der Waals surface area contributed by atoms with Crippen LogP contribution in [0, 0.1) is 35.5 Å². The first-order chi connectivity index (χ1) is 12.4. The Morgan fingerprint density at radius 3 is 2.19 bits per heavy atom. The van der Waals surface area contributed by atoms with E-state index >= 15 is 0 Å². The molecule has 5 aliphatic rings. The number of benzene rings is 1. The third-order valence-corrected chi connectivity index (χ3v) is 7.51. The molecule has 2 saturated carbocycles. The Kier molecular flexibility index (Phi) is 3.44. The van der Waals surface area contributed by atoms with Gasteiger partial charge in [-0.1, -0.05) is 12.2 Å². The summed E-state index contributed by atoms with van der Waals surface area (Å²) in [6, 6.07) is 1.47. The van der Waals surface area contributed by atoms with Gasteiger partial charge in [-0.25, -0.2) is 0 Å². The molecule has 1 saturated heterocycles. The molecule has 0 spiro atoms. The summed E-state index contributed by atoms with van der Waals surface area (Å²) in [5.74, 6) is -0.0749. The number of amides is 2. The van der Waals surface area contributed by atoms with Gasteiger partial charge in [0.05, 0.1) is 22.5 Å². The summed E-state index contributed by atoms with van der Waals surface area (Å²) >= 11 is 6.28. The minimum atomic E-state index is -0.301. The second-order valence-electron chi connectivity index (χ2n) is 7.35. The second kappa shape index (κ2) is 5.42. The van der Waals surface area contributed by atoms with Crippen molar-refractivity contribution in [2.24, 2.45) is 40.6 Å². The van der Waals surface area contributed by atoms with E-state index in [1.165, 1.54) is 12.3 Å². The van der Waals surface area contributed by atoms with Crippen LogP contribution in [-0.4, -0.2) is 33.3 Å².